The minimum absolute atomic E-state index is 0.0861. The van der Waals surface area contributed by atoms with E-state index in [1.165, 1.54) is 0 Å². The van der Waals surface area contributed by atoms with E-state index in [-0.39, 0.29) is 23.7 Å². The molecule has 4 heterocycles. The zero-order valence-electron chi connectivity index (χ0n) is 20.4. The molecule has 7 rings (SSSR count). The van der Waals surface area contributed by atoms with Crippen molar-refractivity contribution >= 4 is 68.3 Å². The van der Waals surface area contributed by atoms with Gasteiger partial charge in [-0.25, -0.2) is 0 Å². The third-order valence-electron chi connectivity index (χ3n) is 8.09. The number of anilines is 1. The molecule has 1 aromatic heterocycles. The van der Waals surface area contributed by atoms with Gasteiger partial charge in [-0.2, -0.15) is 0 Å². The van der Waals surface area contributed by atoms with Gasteiger partial charge in [-0.1, -0.05) is 69.5 Å². The number of rotatable bonds is 4. The fourth-order valence-corrected chi connectivity index (χ4v) is 8.49. The second-order valence-corrected chi connectivity index (χ2v) is 12.8. The Labute approximate surface area is 248 Å². The summed E-state index contributed by atoms with van der Waals surface area (Å²) in [5.41, 5.74) is 1.56. The van der Waals surface area contributed by atoms with Crippen LogP contribution >= 0.6 is 50.9 Å². The van der Waals surface area contributed by atoms with Crippen molar-refractivity contribution in [2.24, 2.45) is 5.92 Å². The number of halogens is 3. The number of hydrogen-bond donors (Lipinski definition) is 1. The smallest absolute Gasteiger partial charge is 0.250 e. The van der Waals surface area contributed by atoms with Crippen molar-refractivity contribution < 1.29 is 14.0 Å². The van der Waals surface area contributed by atoms with E-state index in [4.69, 9.17) is 27.6 Å². The fraction of sp³-hybridized carbons (Fsp3) is 0.200. The van der Waals surface area contributed by atoms with Crippen LogP contribution in [-0.4, -0.2) is 34.3 Å². The van der Waals surface area contributed by atoms with Gasteiger partial charge in [-0.05, 0) is 48.5 Å². The average Bonchev–Trinajstić information content (AvgIpc) is 3.69. The molecule has 1 unspecified atom stereocenters. The molecule has 2 fully saturated rings. The summed E-state index contributed by atoms with van der Waals surface area (Å²) < 4.78 is 7.37. The Morgan fingerprint density at radius 1 is 1.05 bits per heavy atom. The predicted octanol–water partition coefficient (Wildman–Crippen LogP) is 7.83. The Kier molecular flexibility index (Phi) is 6.21. The first-order valence-electron chi connectivity index (χ1n) is 12.5. The molecule has 3 aliphatic rings. The molecule has 1 amide bonds. The molecule has 2 saturated heterocycles. The van der Waals surface area contributed by atoms with Gasteiger partial charge in [0.25, 0.3) is 0 Å². The lowest BCUT2D eigenvalue weighted by atomic mass is 9.70. The van der Waals surface area contributed by atoms with Gasteiger partial charge in [-0.15, -0.1) is 11.8 Å². The van der Waals surface area contributed by atoms with E-state index in [1.807, 2.05) is 66.7 Å². The quantitative estimate of drug-likeness (QED) is 0.231. The van der Waals surface area contributed by atoms with Crippen LogP contribution in [0.3, 0.4) is 0 Å². The van der Waals surface area contributed by atoms with Gasteiger partial charge in [0.05, 0.1) is 10.9 Å². The van der Waals surface area contributed by atoms with Crippen molar-refractivity contribution in [3.8, 4) is 11.3 Å². The summed E-state index contributed by atoms with van der Waals surface area (Å²) in [6, 6.07) is 24.0. The van der Waals surface area contributed by atoms with Crippen LogP contribution in [0.5, 0.6) is 0 Å². The van der Waals surface area contributed by atoms with Crippen molar-refractivity contribution in [2.75, 3.05) is 16.9 Å². The maximum absolute atomic E-state index is 14.6. The highest BCUT2D eigenvalue weighted by atomic mass is 79.9. The van der Waals surface area contributed by atoms with Crippen LogP contribution in [0.4, 0.5) is 5.69 Å². The molecule has 5 nitrogen and oxygen atoms in total. The summed E-state index contributed by atoms with van der Waals surface area (Å²) in [7, 11) is 0. The zero-order valence-corrected chi connectivity index (χ0v) is 24.3. The summed E-state index contributed by atoms with van der Waals surface area (Å²) >= 11 is 18.0. The molecule has 3 aromatic carbocycles. The third kappa shape index (κ3) is 3.78. The number of nitrogens with zero attached hydrogens (tertiary/aromatic N) is 1. The summed E-state index contributed by atoms with van der Waals surface area (Å²) in [5, 5.41) is 4.17. The molecule has 0 bridgehead atoms. The topological polar surface area (TPSA) is 62.6 Å². The number of carbonyl (C=O) groups excluding carboxylic acids is 2. The molecule has 0 radical (unpaired) electrons. The summed E-state index contributed by atoms with van der Waals surface area (Å²) in [4.78, 5) is 30.9. The van der Waals surface area contributed by atoms with Crippen LogP contribution in [0.2, 0.25) is 10.0 Å². The lowest BCUT2D eigenvalue weighted by Crippen LogP contribution is -2.52. The van der Waals surface area contributed by atoms with E-state index in [0.29, 0.717) is 38.7 Å². The number of furan rings is 1. The van der Waals surface area contributed by atoms with Crippen LogP contribution in [0.1, 0.15) is 27.6 Å². The normalized spacial score (nSPS) is 25.6. The van der Waals surface area contributed by atoms with Crippen LogP contribution < -0.4 is 5.32 Å². The largest absolute Gasteiger partial charge is 0.461 e. The molecule has 1 spiro atoms. The number of benzene rings is 3. The van der Waals surface area contributed by atoms with Gasteiger partial charge in [-0.3, -0.25) is 14.5 Å². The Balaban J connectivity index is 1.44. The van der Waals surface area contributed by atoms with Gasteiger partial charge in [0.15, 0.2) is 5.78 Å². The molecule has 9 heteroatoms. The van der Waals surface area contributed by atoms with E-state index >= 15 is 0 Å². The van der Waals surface area contributed by atoms with E-state index in [1.54, 1.807) is 23.9 Å². The Morgan fingerprint density at radius 2 is 1.85 bits per heavy atom. The monoisotopic (exact) mass is 638 g/mol. The fourth-order valence-electron chi connectivity index (χ4n) is 6.50. The highest BCUT2D eigenvalue weighted by molar-refractivity contribution is 9.10. The van der Waals surface area contributed by atoms with E-state index in [9.17, 15) is 9.59 Å². The van der Waals surface area contributed by atoms with E-state index in [0.717, 1.165) is 21.4 Å². The molecule has 0 saturated carbocycles. The first-order chi connectivity index (χ1) is 18.9. The lowest BCUT2D eigenvalue weighted by Gasteiger charge is -2.36. The number of thioether (sulfide) groups is 1. The molecule has 39 heavy (non-hydrogen) atoms. The van der Waals surface area contributed by atoms with Gasteiger partial charge < -0.3 is 9.73 Å². The molecule has 196 valence electrons. The van der Waals surface area contributed by atoms with Crippen LogP contribution in [0, 0.1) is 5.92 Å². The Morgan fingerprint density at radius 3 is 2.64 bits per heavy atom. The lowest BCUT2D eigenvalue weighted by molar-refractivity contribution is -0.127. The number of fused-ring (bicyclic) bond motifs is 4. The minimum atomic E-state index is -1.19. The van der Waals surface area contributed by atoms with E-state index < -0.39 is 11.5 Å². The highest BCUT2D eigenvalue weighted by Crippen LogP contribution is 2.61. The first kappa shape index (κ1) is 25.4. The number of nitrogens with one attached hydrogen (secondary N) is 1. The Bertz CT molecular complexity index is 1640. The number of carbonyl (C=O) groups is 2. The SMILES string of the molecule is O=C(c1ccc(Br)cc1)[C@H]1[C@H](c2ccc(-c3ccccc3Cl)o2)C2CSCN2[C@]12C(=O)Nc1cc(Cl)ccc12. The van der Waals surface area contributed by atoms with Crippen molar-refractivity contribution in [2.45, 2.75) is 17.5 Å². The van der Waals surface area contributed by atoms with Crippen molar-refractivity contribution in [3.05, 3.63) is 110 Å². The maximum atomic E-state index is 14.6. The second kappa shape index (κ2) is 9.53. The summed E-state index contributed by atoms with van der Waals surface area (Å²) in [6.07, 6.45) is 0. The molecule has 4 atom stereocenters. The highest BCUT2D eigenvalue weighted by Gasteiger charge is 2.70. The number of Topliss-reactive ketones (excluding diaryl/α,β-unsaturated/α-hetero) is 1. The number of hydrogen-bond acceptors (Lipinski definition) is 5. The zero-order chi connectivity index (χ0) is 26.9. The van der Waals surface area contributed by atoms with Gasteiger partial charge in [0, 0.05) is 55.5 Å². The maximum Gasteiger partial charge on any atom is 0.250 e. The summed E-state index contributed by atoms with van der Waals surface area (Å²) in [5.74, 6) is 1.31. The van der Waals surface area contributed by atoms with E-state index in [2.05, 4.69) is 26.1 Å². The van der Waals surface area contributed by atoms with Gasteiger partial charge in [0.1, 0.15) is 17.1 Å². The number of amides is 1. The molecule has 1 N–H and O–H groups in total. The van der Waals surface area contributed by atoms with Crippen LogP contribution in [0.25, 0.3) is 11.3 Å². The second-order valence-electron chi connectivity index (χ2n) is 10.0. The van der Waals surface area contributed by atoms with Gasteiger partial charge >= 0.3 is 0 Å². The summed E-state index contributed by atoms with van der Waals surface area (Å²) in [6.45, 7) is 0. The Hall–Kier alpha value is -2.55. The van der Waals surface area contributed by atoms with Crippen molar-refractivity contribution in [3.63, 3.8) is 0 Å². The number of ketones is 1. The minimum Gasteiger partial charge on any atom is -0.461 e. The van der Waals surface area contributed by atoms with Crippen LogP contribution in [0.15, 0.2) is 87.8 Å². The first-order valence-corrected chi connectivity index (χ1v) is 15.2. The molecule has 3 aliphatic heterocycles. The standard InChI is InChI=1S/C30H21BrCl2N2O3S/c31-17-7-5-16(6-8-17)28(36)27-26(25-12-11-24(38-25)19-3-1-2-4-21(19)33)23-14-39-15-35(23)30(27)20-10-9-18(32)13-22(20)34-29(30)37/h1-13,23,26-27H,14-15H2,(H,34,37)/t23?,26-,27+,30-/m0/s1. The van der Waals surface area contributed by atoms with Crippen molar-refractivity contribution in [1.29, 1.82) is 0 Å². The molecular weight excluding hydrogens is 619 g/mol. The van der Waals surface area contributed by atoms with Crippen molar-refractivity contribution in [1.82, 2.24) is 4.90 Å². The molecule has 4 aromatic rings. The van der Waals surface area contributed by atoms with Crippen LogP contribution in [-0.2, 0) is 10.3 Å². The average molecular weight is 640 g/mol. The predicted molar refractivity (Wildman–Crippen MR) is 159 cm³/mol. The molecular formula is C30H21BrCl2N2O3S. The third-order valence-corrected chi connectivity index (χ3v) is 10.2. The van der Waals surface area contributed by atoms with Gasteiger partial charge in [0.2, 0.25) is 5.91 Å². The molecule has 0 aliphatic carbocycles.